The van der Waals surface area contributed by atoms with Crippen molar-refractivity contribution in [2.45, 2.75) is 18.9 Å². The monoisotopic (exact) mass is 335 g/mol. The van der Waals surface area contributed by atoms with E-state index in [1.54, 1.807) is 11.8 Å². The van der Waals surface area contributed by atoms with Crippen LogP contribution in [0, 0.1) is 25.5 Å². The van der Waals surface area contributed by atoms with Gasteiger partial charge in [-0.1, -0.05) is 0 Å². The first-order valence-corrected chi connectivity index (χ1v) is 8.09. The Balaban J connectivity index is 1.92. The number of carbonyl (C=O) groups excluding carboxylic acids is 1. The smallest absolute Gasteiger partial charge is 0.305 e. The number of nitrogens with one attached hydrogen (secondary N) is 1. The third-order valence-corrected chi connectivity index (χ3v) is 4.46. The molecule has 0 radical (unpaired) electrons. The molecule has 0 bridgehead atoms. The van der Waals surface area contributed by atoms with Gasteiger partial charge < -0.3 is 5.32 Å². The summed E-state index contributed by atoms with van der Waals surface area (Å²) in [6.45, 7) is 4.28. The molecular weight excluding hydrogens is 320 g/mol. The highest BCUT2D eigenvalue weighted by atomic mass is 32.2. The molecular formula is C16H15F2N3OS. The van der Waals surface area contributed by atoms with E-state index in [1.807, 2.05) is 19.9 Å². The number of hydrogen-bond acceptors (Lipinski definition) is 3. The van der Waals surface area contributed by atoms with Crippen LogP contribution in [0.15, 0.2) is 29.3 Å². The molecule has 0 saturated carbocycles. The predicted octanol–water partition coefficient (Wildman–Crippen LogP) is 4.12. The minimum absolute atomic E-state index is 0.174. The Labute approximate surface area is 136 Å². The Bertz CT molecular complexity index is 782. The van der Waals surface area contributed by atoms with Crippen molar-refractivity contribution in [3.63, 3.8) is 0 Å². The van der Waals surface area contributed by atoms with Crippen molar-refractivity contribution in [3.05, 3.63) is 47.2 Å². The fraction of sp³-hybridized carbons (Fsp3) is 0.250. The van der Waals surface area contributed by atoms with Gasteiger partial charge in [-0.25, -0.2) is 18.6 Å². The summed E-state index contributed by atoms with van der Waals surface area (Å²) in [6.07, 6.45) is 0. The van der Waals surface area contributed by atoms with E-state index in [2.05, 4.69) is 10.3 Å². The van der Waals surface area contributed by atoms with Crippen LogP contribution < -0.4 is 10.2 Å². The molecule has 1 N–H and O–H groups in total. The van der Waals surface area contributed by atoms with Crippen LogP contribution in [0.3, 0.4) is 0 Å². The minimum Gasteiger partial charge on any atom is -0.305 e. The second-order valence-corrected chi connectivity index (χ2v) is 6.37. The molecule has 0 saturated heterocycles. The van der Waals surface area contributed by atoms with Crippen LogP contribution in [0.1, 0.15) is 11.3 Å². The van der Waals surface area contributed by atoms with Gasteiger partial charge in [0, 0.05) is 24.1 Å². The third kappa shape index (κ3) is 3.14. The first kappa shape index (κ1) is 15.7. The molecule has 7 heteroatoms. The zero-order valence-corrected chi connectivity index (χ0v) is 13.5. The highest BCUT2D eigenvalue weighted by molar-refractivity contribution is 7.99. The number of halogens is 2. The highest BCUT2D eigenvalue weighted by Gasteiger charge is 2.26. The predicted molar refractivity (Wildman–Crippen MR) is 87.2 cm³/mol. The average molecular weight is 335 g/mol. The van der Waals surface area contributed by atoms with Crippen molar-refractivity contribution in [3.8, 4) is 0 Å². The lowest BCUT2D eigenvalue weighted by molar-refractivity contribution is 0.257. The van der Waals surface area contributed by atoms with Crippen molar-refractivity contribution in [2.24, 2.45) is 0 Å². The molecule has 3 rings (SSSR count). The summed E-state index contributed by atoms with van der Waals surface area (Å²) in [7, 11) is 0. The van der Waals surface area contributed by atoms with Gasteiger partial charge in [0.15, 0.2) is 0 Å². The number of nitrogens with zero attached hydrogens (tertiary/aromatic N) is 2. The lowest BCUT2D eigenvalue weighted by Gasteiger charge is -2.30. The lowest BCUT2D eigenvalue weighted by atomic mass is 10.2. The molecule has 1 aliphatic heterocycles. The van der Waals surface area contributed by atoms with E-state index in [0.29, 0.717) is 12.3 Å². The van der Waals surface area contributed by atoms with E-state index < -0.39 is 17.7 Å². The second kappa shape index (κ2) is 6.16. The van der Waals surface area contributed by atoms with E-state index in [4.69, 9.17) is 0 Å². The van der Waals surface area contributed by atoms with Gasteiger partial charge in [-0.15, -0.1) is 11.8 Å². The summed E-state index contributed by atoms with van der Waals surface area (Å²) >= 11 is 1.58. The van der Waals surface area contributed by atoms with Crippen molar-refractivity contribution in [1.82, 2.24) is 4.98 Å². The summed E-state index contributed by atoms with van der Waals surface area (Å²) in [5.41, 5.74) is 2.36. The van der Waals surface area contributed by atoms with Crippen LogP contribution in [0.4, 0.5) is 25.0 Å². The summed E-state index contributed by atoms with van der Waals surface area (Å²) in [5.74, 6) is -0.586. The summed E-state index contributed by atoms with van der Waals surface area (Å²) < 4.78 is 27.0. The first-order chi connectivity index (χ1) is 11.0. The van der Waals surface area contributed by atoms with Gasteiger partial charge in [0.2, 0.25) is 0 Å². The summed E-state index contributed by atoms with van der Waals surface area (Å²) in [5, 5.41) is 3.22. The van der Waals surface area contributed by atoms with E-state index in [9.17, 15) is 13.6 Å². The SMILES string of the molecule is Cc1cc(C)c2c(n1)SCCN2C(=O)Nc1cc(F)ccc1F. The Morgan fingerprint density at radius 1 is 1.30 bits per heavy atom. The van der Waals surface area contributed by atoms with Crippen molar-refractivity contribution in [2.75, 3.05) is 22.5 Å². The Kier molecular flexibility index (Phi) is 4.21. The largest absolute Gasteiger partial charge is 0.326 e. The number of hydrogen-bond donors (Lipinski definition) is 1. The second-order valence-electron chi connectivity index (χ2n) is 5.29. The van der Waals surface area contributed by atoms with Crippen molar-refractivity contribution < 1.29 is 13.6 Å². The highest BCUT2D eigenvalue weighted by Crippen LogP contribution is 2.36. The Hall–Kier alpha value is -2.15. The minimum atomic E-state index is -0.676. The number of rotatable bonds is 1. The number of benzene rings is 1. The van der Waals surface area contributed by atoms with Crippen molar-refractivity contribution in [1.29, 1.82) is 0 Å². The van der Waals surface area contributed by atoms with Crippen LogP contribution in [0.5, 0.6) is 0 Å². The van der Waals surface area contributed by atoms with Crippen LogP contribution in [0.25, 0.3) is 0 Å². The number of aryl methyl sites for hydroxylation is 2. The van der Waals surface area contributed by atoms with Gasteiger partial charge in [-0.3, -0.25) is 4.90 Å². The average Bonchev–Trinajstić information content (AvgIpc) is 2.50. The maximum absolute atomic E-state index is 13.7. The van der Waals surface area contributed by atoms with Gasteiger partial charge in [0.1, 0.15) is 16.7 Å². The van der Waals surface area contributed by atoms with Gasteiger partial charge in [0.25, 0.3) is 0 Å². The fourth-order valence-electron chi connectivity index (χ4n) is 2.55. The van der Waals surface area contributed by atoms with E-state index >= 15 is 0 Å². The number of urea groups is 1. The van der Waals surface area contributed by atoms with Crippen LogP contribution >= 0.6 is 11.8 Å². The Morgan fingerprint density at radius 3 is 2.87 bits per heavy atom. The topological polar surface area (TPSA) is 45.2 Å². The van der Waals surface area contributed by atoms with E-state index in [0.717, 1.165) is 40.2 Å². The quantitative estimate of drug-likeness (QED) is 0.852. The molecule has 1 aliphatic rings. The molecule has 1 aromatic heterocycles. The maximum atomic E-state index is 13.7. The van der Waals surface area contributed by atoms with Crippen LogP contribution in [-0.2, 0) is 0 Å². The Morgan fingerprint density at radius 2 is 2.09 bits per heavy atom. The number of carbonyl (C=O) groups is 1. The van der Waals surface area contributed by atoms with Crippen LogP contribution in [-0.4, -0.2) is 23.3 Å². The number of anilines is 2. The molecule has 0 aliphatic carbocycles. The van der Waals surface area contributed by atoms with Gasteiger partial charge >= 0.3 is 6.03 Å². The molecule has 2 amide bonds. The zero-order chi connectivity index (χ0) is 16.6. The third-order valence-electron chi connectivity index (χ3n) is 3.52. The number of fused-ring (bicyclic) bond motifs is 1. The van der Waals surface area contributed by atoms with Gasteiger partial charge in [0.05, 0.1) is 11.4 Å². The van der Waals surface area contributed by atoms with Gasteiger partial charge in [-0.2, -0.15) is 0 Å². The molecule has 0 atom stereocenters. The molecule has 4 nitrogen and oxygen atoms in total. The molecule has 2 heterocycles. The normalized spacial score (nSPS) is 13.7. The maximum Gasteiger partial charge on any atom is 0.326 e. The molecule has 0 fully saturated rings. The molecule has 0 unspecified atom stereocenters. The van der Waals surface area contributed by atoms with Crippen molar-refractivity contribution >= 4 is 29.2 Å². The fourth-order valence-corrected chi connectivity index (χ4v) is 3.63. The van der Waals surface area contributed by atoms with Gasteiger partial charge in [-0.05, 0) is 37.6 Å². The van der Waals surface area contributed by atoms with E-state index in [1.165, 1.54) is 4.90 Å². The number of pyridine rings is 1. The molecule has 2 aromatic rings. The number of amides is 2. The zero-order valence-electron chi connectivity index (χ0n) is 12.7. The molecule has 1 aromatic carbocycles. The number of thioether (sulfide) groups is 1. The van der Waals surface area contributed by atoms with E-state index in [-0.39, 0.29) is 5.69 Å². The summed E-state index contributed by atoms with van der Waals surface area (Å²) in [6, 6.07) is 4.36. The first-order valence-electron chi connectivity index (χ1n) is 7.10. The molecule has 0 spiro atoms. The standard InChI is InChI=1S/C16H15F2N3OS/c1-9-7-10(2)19-15-14(9)21(5-6-23-15)16(22)20-13-8-11(17)3-4-12(13)18/h3-4,7-8H,5-6H2,1-2H3,(H,20,22). The number of aromatic nitrogens is 1. The molecule has 120 valence electrons. The van der Waals surface area contributed by atoms with Crippen LogP contribution in [0.2, 0.25) is 0 Å². The molecule has 23 heavy (non-hydrogen) atoms. The summed E-state index contributed by atoms with van der Waals surface area (Å²) in [4.78, 5) is 18.5. The lowest BCUT2D eigenvalue weighted by Crippen LogP contribution is -2.39.